The molecule has 0 saturated heterocycles. The van der Waals surface area contributed by atoms with Gasteiger partial charge in [0.1, 0.15) is 0 Å². The summed E-state index contributed by atoms with van der Waals surface area (Å²) in [5.41, 5.74) is 9.72. The van der Waals surface area contributed by atoms with E-state index in [0.29, 0.717) is 18.3 Å². The normalized spacial score (nSPS) is 17.4. The number of aromatic nitrogens is 5. The molecule has 3 heterocycles. The first-order chi connectivity index (χ1) is 18.1. The maximum atomic E-state index is 5.40. The van der Waals surface area contributed by atoms with Crippen molar-refractivity contribution < 1.29 is 4.74 Å². The van der Waals surface area contributed by atoms with Gasteiger partial charge in [-0.05, 0) is 0 Å². The number of aryl methyl sites for hydroxylation is 2. The van der Waals surface area contributed by atoms with Gasteiger partial charge in [0.15, 0.2) is 0 Å². The van der Waals surface area contributed by atoms with Crippen LogP contribution in [-0.4, -0.2) is 40.9 Å². The van der Waals surface area contributed by atoms with Crippen LogP contribution in [0.4, 0.5) is 5.69 Å². The second kappa shape index (κ2) is 10.4. The minimum absolute atomic E-state index is 0.560. The van der Waals surface area contributed by atoms with Gasteiger partial charge in [-0.3, -0.25) is 0 Å². The number of hydrogen-bond donors (Lipinski definition) is 1. The van der Waals surface area contributed by atoms with Crippen molar-refractivity contribution >= 4 is 29.2 Å². The molecule has 190 valence electrons. The van der Waals surface area contributed by atoms with E-state index in [4.69, 9.17) is 14.7 Å². The standard InChI is InChI=1S/C29H31IN6O/c1-4-26-30(28-27(32-26)18(2)13-23(31-28)17-37-3)16-19-9-10-20-11-12-21(15-22(20)14-19)24-7-5-6-8-25(24)29-33-35-36-34-29/h5-8,11-13,15,19H,4,9-10,14,16-17H2,1-3H3,(H,33,34,35,36)/t19-/m0/s1. The van der Waals surface area contributed by atoms with Gasteiger partial charge in [0.2, 0.25) is 0 Å². The number of fused-ring (bicyclic) bond motifs is 2. The monoisotopic (exact) mass is 606 g/mol. The van der Waals surface area contributed by atoms with Crippen LogP contribution in [0.5, 0.6) is 0 Å². The number of alkyl halides is 1. The Hall–Kier alpha value is -2.98. The Morgan fingerprint density at radius 1 is 1.08 bits per heavy atom. The molecule has 0 unspecified atom stereocenters. The fourth-order valence-corrected chi connectivity index (χ4v) is 12.2. The van der Waals surface area contributed by atoms with Crippen molar-refractivity contribution in [1.29, 1.82) is 0 Å². The number of rotatable bonds is 7. The predicted molar refractivity (Wildman–Crippen MR) is 155 cm³/mol. The Bertz CT molecular complexity index is 1470. The third-order valence-electron chi connectivity index (χ3n) is 7.22. The van der Waals surface area contributed by atoms with E-state index in [-0.39, 0.29) is 0 Å². The molecule has 1 N–H and O–H groups in total. The molecule has 2 aromatic carbocycles. The van der Waals surface area contributed by atoms with Crippen molar-refractivity contribution in [1.82, 2.24) is 25.6 Å². The summed E-state index contributed by atoms with van der Waals surface area (Å²) in [5.74, 6) is 1.29. The van der Waals surface area contributed by atoms with E-state index in [9.17, 15) is 0 Å². The van der Waals surface area contributed by atoms with Crippen molar-refractivity contribution in [2.75, 3.05) is 11.5 Å². The molecule has 2 aromatic heterocycles. The number of H-pyrrole nitrogens is 1. The molecule has 0 radical (unpaired) electrons. The van der Waals surface area contributed by atoms with Gasteiger partial charge >= 0.3 is 225 Å². The molecule has 0 fully saturated rings. The van der Waals surface area contributed by atoms with Gasteiger partial charge in [-0.1, -0.05) is 0 Å². The van der Waals surface area contributed by atoms with Crippen LogP contribution in [0.1, 0.15) is 42.1 Å². The molecule has 1 aliphatic carbocycles. The van der Waals surface area contributed by atoms with Gasteiger partial charge in [0.25, 0.3) is 0 Å². The first-order valence-electron chi connectivity index (χ1n) is 12.8. The van der Waals surface area contributed by atoms with Crippen LogP contribution >= 0.6 is 19.8 Å². The van der Waals surface area contributed by atoms with Crippen molar-refractivity contribution in [2.24, 2.45) is 10.9 Å². The fourth-order valence-electron chi connectivity index (χ4n) is 5.44. The molecule has 6 rings (SSSR count). The summed E-state index contributed by atoms with van der Waals surface area (Å²) >= 11 is -1.64. The quantitative estimate of drug-likeness (QED) is 0.151. The number of pyridine rings is 1. The third-order valence-corrected chi connectivity index (χ3v) is 13.8. The Morgan fingerprint density at radius 3 is 2.73 bits per heavy atom. The van der Waals surface area contributed by atoms with Crippen LogP contribution in [0.3, 0.4) is 0 Å². The molecular weight excluding hydrogens is 575 g/mol. The zero-order chi connectivity index (χ0) is 25.4. The molecule has 1 aliphatic heterocycles. The number of halogens is 1. The molecular formula is C29H31IN6O. The number of ether oxygens (including phenoxy) is 1. The maximum absolute atomic E-state index is 5.40. The molecule has 7 nitrogen and oxygen atoms in total. The molecule has 2 aliphatic rings. The van der Waals surface area contributed by atoms with E-state index < -0.39 is 19.8 Å². The Morgan fingerprint density at radius 2 is 1.95 bits per heavy atom. The van der Waals surface area contributed by atoms with Crippen molar-refractivity contribution in [3.8, 4) is 22.5 Å². The van der Waals surface area contributed by atoms with Crippen LogP contribution in [-0.2, 0) is 24.2 Å². The zero-order valence-electron chi connectivity index (χ0n) is 21.5. The number of nitrogens with one attached hydrogen (secondary N) is 1. The summed E-state index contributed by atoms with van der Waals surface area (Å²) in [6, 6.07) is 17.4. The molecule has 1 atom stereocenters. The summed E-state index contributed by atoms with van der Waals surface area (Å²) in [7, 11) is 1.74. The van der Waals surface area contributed by atoms with Crippen LogP contribution in [0, 0.1) is 16.5 Å². The molecule has 8 heteroatoms. The topological polar surface area (TPSA) is 88.9 Å². The summed E-state index contributed by atoms with van der Waals surface area (Å²) in [6.45, 7) is 4.98. The average molecular weight is 607 g/mol. The Labute approximate surface area is 224 Å². The van der Waals surface area contributed by atoms with E-state index in [0.717, 1.165) is 41.8 Å². The van der Waals surface area contributed by atoms with Crippen molar-refractivity contribution in [3.63, 3.8) is 0 Å². The number of aromatic amines is 1. The predicted octanol–water partition coefficient (Wildman–Crippen LogP) is 6.32. The zero-order valence-corrected chi connectivity index (χ0v) is 23.6. The SMILES string of the molecule is CCC1=Nc2c(C)cc(COC)nc2I1C[C@H]1CCc2ccc(-c3ccccc3-c3nn[nH]n3)cc2C1. The summed E-state index contributed by atoms with van der Waals surface area (Å²) in [4.78, 5) is 10.2. The number of methoxy groups -OCH3 is 1. The molecule has 0 amide bonds. The molecule has 4 aromatic rings. The third kappa shape index (κ3) is 4.72. The number of benzene rings is 2. The van der Waals surface area contributed by atoms with Crippen LogP contribution in [0.15, 0.2) is 53.5 Å². The Balaban J connectivity index is 1.28. The number of tetrazole rings is 1. The molecule has 0 bridgehead atoms. The van der Waals surface area contributed by atoms with E-state index in [1.807, 2.05) is 6.07 Å². The van der Waals surface area contributed by atoms with Crippen LogP contribution < -0.4 is 0 Å². The number of hydrogen-bond acceptors (Lipinski definition) is 6. The summed E-state index contributed by atoms with van der Waals surface area (Å²) in [6.07, 6.45) is 4.52. The van der Waals surface area contributed by atoms with Crippen molar-refractivity contribution in [3.05, 3.63) is 74.6 Å². The van der Waals surface area contributed by atoms with Gasteiger partial charge in [-0.25, -0.2) is 0 Å². The van der Waals surface area contributed by atoms with E-state index in [2.05, 4.69) is 76.9 Å². The second-order valence-electron chi connectivity index (χ2n) is 9.73. The number of nitrogens with zero attached hydrogens (tertiary/aromatic N) is 5. The summed E-state index contributed by atoms with van der Waals surface area (Å²) in [5, 5.41) is 14.8. The van der Waals surface area contributed by atoms with Crippen LogP contribution in [0.2, 0.25) is 0 Å². The van der Waals surface area contributed by atoms with Gasteiger partial charge in [0, 0.05) is 0 Å². The van der Waals surface area contributed by atoms with E-state index in [1.165, 1.54) is 40.5 Å². The first-order valence-corrected chi connectivity index (χ1v) is 16.5. The van der Waals surface area contributed by atoms with Gasteiger partial charge in [0.05, 0.1) is 0 Å². The number of aliphatic imine (C=N–C) groups is 1. The second-order valence-corrected chi connectivity index (χ2v) is 14.9. The molecule has 37 heavy (non-hydrogen) atoms. The van der Waals surface area contributed by atoms with Gasteiger partial charge < -0.3 is 0 Å². The fraction of sp³-hybridized carbons (Fsp3) is 0.345. The van der Waals surface area contributed by atoms with Crippen LogP contribution in [0.25, 0.3) is 22.5 Å². The first kappa shape index (κ1) is 24.4. The molecule has 0 spiro atoms. The van der Waals surface area contributed by atoms with Gasteiger partial charge in [-0.15, -0.1) is 0 Å². The Kier molecular flexibility index (Phi) is 6.86. The average Bonchev–Trinajstić information content (AvgIpc) is 3.58. The minimum atomic E-state index is -1.64. The van der Waals surface area contributed by atoms with E-state index in [1.54, 1.807) is 7.11 Å². The van der Waals surface area contributed by atoms with Crippen molar-refractivity contribution in [2.45, 2.75) is 46.1 Å². The van der Waals surface area contributed by atoms with E-state index >= 15 is 0 Å². The summed E-state index contributed by atoms with van der Waals surface area (Å²) < 4.78 is 9.39. The molecule has 0 saturated carbocycles. The van der Waals surface area contributed by atoms with Gasteiger partial charge in [-0.2, -0.15) is 0 Å².